The van der Waals surface area contributed by atoms with Crippen molar-refractivity contribution in [2.24, 2.45) is 4.99 Å². The highest BCUT2D eigenvalue weighted by molar-refractivity contribution is 6.35. The fourth-order valence-corrected chi connectivity index (χ4v) is 3.09. The first-order valence-corrected chi connectivity index (χ1v) is 8.23. The molecule has 7 heteroatoms. The van der Waals surface area contributed by atoms with Crippen LogP contribution in [0.5, 0.6) is 0 Å². The fourth-order valence-electron chi connectivity index (χ4n) is 3.09. The first kappa shape index (κ1) is 16.9. The highest BCUT2D eigenvalue weighted by Gasteiger charge is 2.48. The van der Waals surface area contributed by atoms with Crippen molar-refractivity contribution in [2.75, 3.05) is 6.61 Å². The number of ether oxygens (including phenoxy) is 2. The van der Waals surface area contributed by atoms with E-state index in [0.29, 0.717) is 13.0 Å². The third-order valence-corrected chi connectivity index (χ3v) is 4.28. The topological polar surface area (TPSA) is 83.4 Å². The average Bonchev–Trinajstić information content (AvgIpc) is 3.13. The van der Waals surface area contributed by atoms with Crippen molar-refractivity contribution in [2.45, 2.75) is 51.3 Å². The van der Waals surface area contributed by atoms with Gasteiger partial charge in [-0.15, -0.1) is 0 Å². The molecule has 2 heterocycles. The molecule has 1 aromatic carbocycles. The lowest BCUT2D eigenvalue weighted by Crippen LogP contribution is -2.49. The van der Waals surface area contributed by atoms with Gasteiger partial charge in [-0.25, -0.2) is 9.79 Å². The van der Waals surface area contributed by atoms with E-state index in [0.717, 1.165) is 5.56 Å². The molecule has 0 saturated carbocycles. The molecule has 2 aliphatic heterocycles. The molecule has 0 spiro atoms. The van der Waals surface area contributed by atoms with Gasteiger partial charge in [0.1, 0.15) is 6.17 Å². The van der Waals surface area contributed by atoms with Gasteiger partial charge in [-0.05, 0) is 25.8 Å². The highest BCUT2D eigenvalue weighted by atomic mass is 16.5. The van der Waals surface area contributed by atoms with Gasteiger partial charge in [-0.2, -0.15) is 5.01 Å². The van der Waals surface area contributed by atoms with Gasteiger partial charge in [0.15, 0.2) is 0 Å². The van der Waals surface area contributed by atoms with Crippen LogP contribution >= 0.6 is 0 Å². The van der Waals surface area contributed by atoms with Gasteiger partial charge < -0.3 is 14.6 Å². The molecule has 1 fully saturated rings. The largest absolute Gasteiger partial charge is 0.460 e. The number of fused-ring (bicyclic) bond motifs is 1. The van der Waals surface area contributed by atoms with E-state index in [1.54, 1.807) is 18.9 Å². The highest BCUT2D eigenvalue weighted by Crippen LogP contribution is 2.31. The van der Waals surface area contributed by atoms with Gasteiger partial charge in [0.25, 0.3) is 0 Å². The molecule has 3 rings (SSSR count). The summed E-state index contributed by atoms with van der Waals surface area (Å²) < 4.78 is 11.0. The van der Waals surface area contributed by atoms with Gasteiger partial charge in [0.2, 0.25) is 5.84 Å². The van der Waals surface area contributed by atoms with E-state index in [-0.39, 0.29) is 30.8 Å². The van der Waals surface area contributed by atoms with Crippen molar-refractivity contribution in [3.63, 3.8) is 0 Å². The zero-order valence-corrected chi connectivity index (χ0v) is 13.9. The molecule has 1 aromatic rings. The summed E-state index contributed by atoms with van der Waals surface area (Å²) in [5.74, 6) is -0.321. The third-order valence-electron chi connectivity index (χ3n) is 4.28. The van der Waals surface area contributed by atoms with Crippen LogP contribution in [0.1, 0.15) is 25.8 Å². The number of benzene rings is 1. The van der Waals surface area contributed by atoms with Crippen molar-refractivity contribution in [1.82, 2.24) is 10.4 Å². The Balaban J connectivity index is 1.70. The summed E-state index contributed by atoms with van der Waals surface area (Å²) in [7, 11) is 0. The number of esters is 1. The zero-order chi connectivity index (χ0) is 17.1. The van der Waals surface area contributed by atoms with E-state index in [2.05, 4.69) is 10.4 Å². The fraction of sp³-hybridized carbons (Fsp3) is 0.529. The van der Waals surface area contributed by atoms with Crippen molar-refractivity contribution < 1.29 is 19.4 Å². The number of aliphatic imine (C=N–C) groups is 1. The number of rotatable bonds is 6. The minimum Gasteiger partial charge on any atom is -0.460 e. The summed E-state index contributed by atoms with van der Waals surface area (Å²) in [5, 5.41) is 11.8. The van der Waals surface area contributed by atoms with Crippen LogP contribution in [0.3, 0.4) is 0 Å². The van der Waals surface area contributed by atoms with Crippen LogP contribution in [0.2, 0.25) is 0 Å². The van der Waals surface area contributed by atoms with Crippen LogP contribution in [-0.4, -0.2) is 52.9 Å². The number of hydrogen-bond donors (Lipinski definition) is 2. The molecule has 130 valence electrons. The molecule has 1 saturated heterocycles. The molecule has 2 aliphatic rings. The minimum absolute atomic E-state index is 0.167. The Labute approximate surface area is 141 Å². The lowest BCUT2D eigenvalue weighted by molar-refractivity contribution is -0.135. The SMILES string of the molecule is CCOC(=O)C1=NC2C(OCc3ccccc3)CC(C(C)O)N2N1. The van der Waals surface area contributed by atoms with Gasteiger partial charge in [0.05, 0.1) is 31.5 Å². The van der Waals surface area contributed by atoms with Gasteiger partial charge in [-0.1, -0.05) is 30.3 Å². The molecule has 0 aliphatic carbocycles. The summed E-state index contributed by atoms with van der Waals surface area (Å²) >= 11 is 0. The Morgan fingerprint density at radius 1 is 1.46 bits per heavy atom. The van der Waals surface area contributed by atoms with Crippen LogP contribution in [0.4, 0.5) is 0 Å². The lowest BCUT2D eigenvalue weighted by Gasteiger charge is -2.25. The van der Waals surface area contributed by atoms with Crippen molar-refractivity contribution >= 4 is 11.8 Å². The summed E-state index contributed by atoms with van der Waals surface area (Å²) in [6.07, 6.45) is -0.471. The molecule has 0 aromatic heterocycles. The second-order valence-corrected chi connectivity index (χ2v) is 6.01. The van der Waals surface area contributed by atoms with Crippen molar-refractivity contribution in [1.29, 1.82) is 0 Å². The van der Waals surface area contributed by atoms with Crippen LogP contribution in [0.25, 0.3) is 0 Å². The summed E-state index contributed by atoms with van der Waals surface area (Å²) in [5.41, 5.74) is 4.04. The smallest absolute Gasteiger partial charge is 0.375 e. The van der Waals surface area contributed by atoms with E-state index in [4.69, 9.17) is 9.47 Å². The Bertz CT molecular complexity index is 605. The van der Waals surface area contributed by atoms with Crippen molar-refractivity contribution in [3.05, 3.63) is 35.9 Å². The van der Waals surface area contributed by atoms with Crippen LogP contribution in [0.15, 0.2) is 35.3 Å². The Hall–Kier alpha value is -1.96. The van der Waals surface area contributed by atoms with Crippen LogP contribution in [0, 0.1) is 0 Å². The molecule has 0 radical (unpaired) electrons. The number of hydrazine groups is 1. The predicted molar refractivity (Wildman–Crippen MR) is 87.9 cm³/mol. The molecular weight excluding hydrogens is 310 g/mol. The molecule has 4 atom stereocenters. The number of amidine groups is 1. The Morgan fingerprint density at radius 2 is 2.21 bits per heavy atom. The number of aliphatic hydroxyl groups is 1. The quantitative estimate of drug-likeness (QED) is 0.751. The number of nitrogens with zero attached hydrogens (tertiary/aromatic N) is 2. The number of carbonyl (C=O) groups is 1. The normalized spacial score (nSPS) is 27.3. The summed E-state index contributed by atoms with van der Waals surface area (Å²) in [4.78, 5) is 16.3. The second-order valence-electron chi connectivity index (χ2n) is 6.01. The maximum absolute atomic E-state index is 11.9. The Morgan fingerprint density at radius 3 is 2.88 bits per heavy atom. The minimum atomic E-state index is -0.568. The first-order valence-electron chi connectivity index (χ1n) is 8.23. The zero-order valence-electron chi connectivity index (χ0n) is 13.9. The average molecular weight is 333 g/mol. The van der Waals surface area contributed by atoms with Crippen LogP contribution < -0.4 is 5.43 Å². The van der Waals surface area contributed by atoms with Gasteiger partial charge in [0, 0.05) is 0 Å². The lowest BCUT2D eigenvalue weighted by atomic mass is 10.1. The van der Waals surface area contributed by atoms with Gasteiger partial charge >= 0.3 is 5.97 Å². The summed E-state index contributed by atoms with van der Waals surface area (Å²) in [6, 6.07) is 9.71. The van der Waals surface area contributed by atoms with Crippen LogP contribution in [-0.2, 0) is 20.9 Å². The predicted octanol–water partition coefficient (Wildman–Crippen LogP) is 0.833. The van der Waals surface area contributed by atoms with Crippen molar-refractivity contribution in [3.8, 4) is 0 Å². The van der Waals surface area contributed by atoms with E-state index < -0.39 is 12.1 Å². The van der Waals surface area contributed by atoms with E-state index >= 15 is 0 Å². The number of hydrogen-bond acceptors (Lipinski definition) is 7. The first-order chi connectivity index (χ1) is 11.6. The molecular formula is C17H23N3O4. The number of aliphatic hydroxyl groups excluding tert-OH is 1. The van der Waals surface area contributed by atoms with E-state index in [1.165, 1.54) is 0 Å². The molecule has 2 N–H and O–H groups in total. The molecule has 4 unspecified atom stereocenters. The molecule has 0 bridgehead atoms. The van der Waals surface area contributed by atoms with E-state index in [1.807, 2.05) is 30.3 Å². The summed E-state index contributed by atoms with van der Waals surface area (Å²) in [6.45, 7) is 4.23. The van der Waals surface area contributed by atoms with Gasteiger partial charge in [-0.3, -0.25) is 5.43 Å². The number of carbonyl (C=O) groups excluding carboxylic acids is 1. The molecule has 0 amide bonds. The maximum atomic E-state index is 11.9. The third kappa shape index (κ3) is 3.43. The maximum Gasteiger partial charge on any atom is 0.375 e. The molecule has 24 heavy (non-hydrogen) atoms. The van der Waals surface area contributed by atoms with E-state index in [9.17, 15) is 9.90 Å². The second kappa shape index (κ2) is 7.29. The molecule has 7 nitrogen and oxygen atoms in total. The Kier molecular flexibility index (Phi) is 5.13. The monoisotopic (exact) mass is 333 g/mol. The number of nitrogens with one attached hydrogen (secondary N) is 1. The standard InChI is InChI=1S/C17H23N3O4/c1-3-23-17(22)15-18-16-14(9-13(11(2)21)20(16)19-15)24-10-12-7-5-4-6-8-12/h4-8,11,13-14,16,21H,3,9-10H2,1-2H3,(H,18,19).